The predicted octanol–water partition coefficient (Wildman–Crippen LogP) is 28.1. The Hall–Kier alpha value is -11.3. The van der Waals surface area contributed by atoms with E-state index in [4.69, 9.17) is 0 Å². The molecule has 0 aliphatic heterocycles. The van der Waals surface area contributed by atoms with E-state index in [1.54, 1.807) is 0 Å². The van der Waals surface area contributed by atoms with Crippen LogP contribution in [0.5, 0.6) is 0 Å². The van der Waals surface area contributed by atoms with Crippen molar-refractivity contribution in [3.05, 3.63) is 358 Å². The Morgan fingerprint density at radius 1 is 0.233 bits per heavy atom. The van der Waals surface area contributed by atoms with Gasteiger partial charge in [-0.1, -0.05) is 338 Å². The zero-order chi connectivity index (χ0) is 70.9. The van der Waals surface area contributed by atoms with E-state index < -0.39 is 0 Å². The second kappa shape index (κ2) is 24.5. The maximum absolute atomic E-state index is 2.48. The molecule has 0 aromatic heterocycles. The largest absolute Gasteiger partial charge is 0.310 e. The van der Waals surface area contributed by atoms with Crippen LogP contribution >= 0.6 is 0 Å². The smallest absolute Gasteiger partial charge is 0.0540 e. The van der Waals surface area contributed by atoms with Crippen molar-refractivity contribution in [2.24, 2.45) is 0 Å². The third kappa shape index (κ3) is 11.2. The first-order valence-electron chi connectivity index (χ1n) is 36.8. The predicted molar refractivity (Wildman–Crippen MR) is 443 cm³/mol. The summed E-state index contributed by atoms with van der Waals surface area (Å²) in [4.78, 5) is 4.95. The van der Waals surface area contributed by atoms with Gasteiger partial charge in [0.2, 0.25) is 0 Å². The minimum absolute atomic E-state index is 0.0389. The Labute approximate surface area is 609 Å². The van der Waals surface area contributed by atoms with Gasteiger partial charge in [-0.25, -0.2) is 0 Å². The second-order valence-corrected chi connectivity index (χ2v) is 32.6. The highest BCUT2D eigenvalue weighted by Crippen LogP contribution is 2.55. The van der Waals surface area contributed by atoms with Gasteiger partial charge >= 0.3 is 0 Å². The summed E-state index contributed by atoms with van der Waals surface area (Å²) in [6.07, 6.45) is 9.24. The Morgan fingerprint density at radius 3 is 0.786 bits per heavy atom. The van der Waals surface area contributed by atoms with Gasteiger partial charge in [-0.2, -0.15) is 0 Å². The number of nitrogens with zero attached hydrogens (tertiary/aromatic N) is 2. The van der Waals surface area contributed by atoms with E-state index in [1.165, 1.54) is 144 Å². The Bertz CT molecular complexity index is 5410. The van der Waals surface area contributed by atoms with Crippen molar-refractivity contribution in [3.63, 3.8) is 0 Å². The standard InChI is InChI=1S/C101H88N2/c1-97(2,3)71-39-43-73(44-40-71)102(95-57-55-77(69-23-15-13-16-24-69)79-27-19-21-29-87(79)95)75-47-53-85-83-51-37-67(61-91(83)100(9,10)93(85)63-75)33-31-65-35-49-81-82-50-36-66(60-90(82)99(7,8)89(81)59-65)32-34-68-38-52-84-86-54-48-76(64-94(86)101(11,12)92(84)62-68)103(74-45-41-72(42-46-74)98(4,5)6)96-58-56-78(70-25-17-14-18-26-70)80-28-20-22-30-88(80)96/h13-64H,1-12H3. The lowest BCUT2D eigenvalue weighted by molar-refractivity contribution is 0.590. The van der Waals surface area contributed by atoms with Crippen molar-refractivity contribution >= 4 is 80.0 Å². The fourth-order valence-corrected chi connectivity index (χ4v) is 17.1. The van der Waals surface area contributed by atoms with Crippen molar-refractivity contribution in [2.75, 3.05) is 9.80 Å². The summed E-state index contributed by atoms with van der Waals surface area (Å²) >= 11 is 0. The molecule has 0 N–H and O–H groups in total. The van der Waals surface area contributed by atoms with Crippen LogP contribution in [0.25, 0.3) is 101 Å². The molecule has 3 aliphatic carbocycles. The molecule has 17 rings (SSSR count). The fourth-order valence-electron chi connectivity index (χ4n) is 17.1. The molecule has 0 bridgehead atoms. The Balaban J connectivity index is 0.623. The summed E-state index contributed by atoms with van der Waals surface area (Å²) in [5, 5.41) is 4.91. The minimum Gasteiger partial charge on any atom is -0.310 e. The molecule has 0 spiro atoms. The summed E-state index contributed by atoms with van der Waals surface area (Å²) in [5.41, 5.74) is 34.6. The quantitative estimate of drug-likeness (QED) is 0.113. The molecule has 14 aromatic carbocycles. The van der Waals surface area contributed by atoms with Crippen LogP contribution in [0.1, 0.15) is 150 Å². The molecule has 0 radical (unpaired) electrons. The summed E-state index contributed by atoms with van der Waals surface area (Å²) in [6.45, 7) is 28.1. The monoisotopic (exact) mass is 1330 g/mol. The molecule has 14 aromatic rings. The molecule has 2 heteroatoms. The lowest BCUT2D eigenvalue weighted by atomic mass is 9.81. The average Bonchev–Trinajstić information content (AvgIpc) is 1.62. The Kier molecular flexibility index (Phi) is 15.4. The van der Waals surface area contributed by atoms with Gasteiger partial charge in [0.15, 0.2) is 0 Å². The number of hydrogen-bond donors (Lipinski definition) is 0. The molecule has 0 fully saturated rings. The molecule has 0 saturated carbocycles. The van der Waals surface area contributed by atoms with Crippen LogP contribution in [0.3, 0.4) is 0 Å². The first kappa shape index (κ1) is 65.0. The van der Waals surface area contributed by atoms with Crippen molar-refractivity contribution < 1.29 is 0 Å². The third-order valence-corrected chi connectivity index (χ3v) is 23.0. The maximum Gasteiger partial charge on any atom is 0.0540 e. The van der Waals surface area contributed by atoms with Crippen LogP contribution in [0.15, 0.2) is 291 Å². The van der Waals surface area contributed by atoms with E-state index in [0.717, 1.165) is 34.1 Å². The highest BCUT2D eigenvalue weighted by molar-refractivity contribution is 6.08. The minimum atomic E-state index is -0.238. The second-order valence-electron chi connectivity index (χ2n) is 32.6. The van der Waals surface area contributed by atoms with Crippen LogP contribution in [0.4, 0.5) is 34.1 Å². The van der Waals surface area contributed by atoms with E-state index in [2.05, 4.69) is 408 Å². The first-order valence-corrected chi connectivity index (χ1v) is 36.8. The fraction of sp³-hybridized carbons (Fsp3) is 0.168. The summed E-state index contributed by atoms with van der Waals surface area (Å²) in [7, 11) is 0. The first-order chi connectivity index (χ1) is 49.6. The van der Waals surface area contributed by atoms with Crippen LogP contribution < -0.4 is 9.80 Å². The number of anilines is 6. The van der Waals surface area contributed by atoms with Gasteiger partial charge in [-0.3, -0.25) is 0 Å². The lowest BCUT2D eigenvalue weighted by Crippen LogP contribution is -2.17. The highest BCUT2D eigenvalue weighted by Gasteiger charge is 2.39. The van der Waals surface area contributed by atoms with Crippen LogP contribution in [0.2, 0.25) is 0 Å². The van der Waals surface area contributed by atoms with Crippen molar-refractivity contribution in [1.29, 1.82) is 0 Å². The van der Waals surface area contributed by atoms with Gasteiger partial charge in [0.1, 0.15) is 0 Å². The van der Waals surface area contributed by atoms with Crippen LogP contribution in [-0.2, 0) is 27.1 Å². The molecule has 2 nitrogen and oxygen atoms in total. The normalized spacial score (nSPS) is 14.4. The van der Waals surface area contributed by atoms with Gasteiger partial charge in [0, 0.05) is 49.8 Å². The summed E-state index contributed by atoms with van der Waals surface area (Å²) in [5.74, 6) is 0. The van der Waals surface area contributed by atoms with Crippen LogP contribution in [0, 0.1) is 0 Å². The lowest BCUT2D eigenvalue weighted by Gasteiger charge is -2.30. The topological polar surface area (TPSA) is 6.48 Å². The number of rotatable bonds is 12. The van der Waals surface area contributed by atoms with E-state index in [9.17, 15) is 0 Å². The number of fused-ring (bicyclic) bond motifs is 11. The molecule has 103 heavy (non-hydrogen) atoms. The molecule has 0 amide bonds. The van der Waals surface area contributed by atoms with Crippen molar-refractivity contribution in [1.82, 2.24) is 0 Å². The van der Waals surface area contributed by atoms with Crippen LogP contribution in [-0.4, -0.2) is 0 Å². The van der Waals surface area contributed by atoms with E-state index >= 15 is 0 Å². The molecule has 502 valence electrons. The van der Waals surface area contributed by atoms with Crippen molar-refractivity contribution in [3.8, 4) is 55.6 Å². The SMILES string of the molecule is CC(C)(C)c1ccc(N(c2ccc3c(c2)C(C)(C)c2cc(C=Cc4ccc5c(c4)C(C)(C)c4cc(C=Cc6ccc7c(c6)C(C)(C)c6cc(N(c8ccc(C(C)(C)C)cc8)c8ccc(-c9ccccc9)c9ccccc89)ccc6-7)ccc4-5)ccc2-3)c2ccc(-c3ccccc3)c3ccccc23)cc1. The van der Waals surface area contributed by atoms with Gasteiger partial charge < -0.3 is 9.80 Å². The van der Waals surface area contributed by atoms with Crippen molar-refractivity contribution in [2.45, 2.75) is 110 Å². The molecular formula is C101H88N2. The summed E-state index contributed by atoms with van der Waals surface area (Å²) < 4.78 is 0. The van der Waals surface area contributed by atoms with Gasteiger partial charge in [-0.05, 0) is 205 Å². The van der Waals surface area contributed by atoms with Gasteiger partial charge in [-0.15, -0.1) is 0 Å². The molecule has 0 heterocycles. The van der Waals surface area contributed by atoms with E-state index in [1.807, 2.05) is 0 Å². The molecule has 3 aliphatic rings. The maximum atomic E-state index is 2.48. The number of benzene rings is 14. The zero-order valence-electron chi connectivity index (χ0n) is 61.4. The van der Waals surface area contributed by atoms with Gasteiger partial charge in [0.25, 0.3) is 0 Å². The zero-order valence-corrected chi connectivity index (χ0v) is 61.4. The molecule has 0 saturated heterocycles. The molecule has 0 unspecified atom stereocenters. The number of hydrogen-bond acceptors (Lipinski definition) is 2. The average molecular weight is 1330 g/mol. The Morgan fingerprint density at radius 2 is 0.485 bits per heavy atom. The highest BCUT2D eigenvalue weighted by atomic mass is 15.1. The summed E-state index contributed by atoms with van der Waals surface area (Å²) in [6, 6.07) is 110. The van der Waals surface area contributed by atoms with E-state index in [-0.39, 0.29) is 27.1 Å². The molecular weight excluding hydrogens is 1240 g/mol. The molecule has 0 atom stereocenters. The van der Waals surface area contributed by atoms with E-state index in [0.29, 0.717) is 0 Å². The van der Waals surface area contributed by atoms with Gasteiger partial charge in [0.05, 0.1) is 11.4 Å². The third-order valence-electron chi connectivity index (χ3n) is 23.0.